The summed E-state index contributed by atoms with van der Waals surface area (Å²) in [5.41, 5.74) is 4.47. The van der Waals surface area contributed by atoms with Crippen LogP contribution in [0.1, 0.15) is 42.3 Å². The van der Waals surface area contributed by atoms with Gasteiger partial charge in [0.15, 0.2) is 0 Å². The average Bonchev–Trinajstić information content (AvgIpc) is 3.48. The van der Waals surface area contributed by atoms with Crippen molar-refractivity contribution in [3.05, 3.63) is 119 Å². The molecule has 1 N–H and O–H groups in total. The number of nitrogens with zero attached hydrogens (tertiary/aromatic N) is 2. The van der Waals surface area contributed by atoms with E-state index in [9.17, 15) is 18.4 Å². The zero-order valence-corrected chi connectivity index (χ0v) is 23.4. The number of aldehydes is 1. The van der Waals surface area contributed by atoms with Crippen molar-refractivity contribution in [2.24, 2.45) is 0 Å². The van der Waals surface area contributed by atoms with Gasteiger partial charge >= 0.3 is 0 Å². The highest BCUT2D eigenvalue weighted by molar-refractivity contribution is 5.95. The summed E-state index contributed by atoms with van der Waals surface area (Å²) < 4.78 is 33.1. The van der Waals surface area contributed by atoms with Crippen LogP contribution < -0.4 is 5.32 Å². The van der Waals surface area contributed by atoms with E-state index in [1.54, 1.807) is 36.4 Å². The van der Waals surface area contributed by atoms with Gasteiger partial charge in [-0.25, -0.2) is 8.78 Å². The summed E-state index contributed by atoms with van der Waals surface area (Å²) >= 11 is 0. The predicted octanol–water partition coefficient (Wildman–Crippen LogP) is 7.19. The minimum Gasteiger partial charge on any atom is -0.342 e. The van der Waals surface area contributed by atoms with Crippen LogP contribution in [-0.4, -0.2) is 28.4 Å². The van der Waals surface area contributed by atoms with E-state index in [4.69, 9.17) is 4.52 Å². The van der Waals surface area contributed by atoms with Gasteiger partial charge in [0, 0.05) is 22.3 Å². The van der Waals surface area contributed by atoms with Crippen LogP contribution in [0.15, 0.2) is 95.5 Å². The Morgan fingerprint density at radius 1 is 0.881 bits per heavy atom. The van der Waals surface area contributed by atoms with Gasteiger partial charge in [-0.3, -0.25) is 4.79 Å². The Morgan fingerprint density at radius 2 is 1.52 bits per heavy atom. The van der Waals surface area contributed by atoms with Crippen molar-refractivity contribution in [2.75, 3.05) is 0 Å². The number of amides is 1. The number of hydrogen-bond acceptors (Lipinski definition) is 5. The third-order valence-electron chi connectivity index (χ3n) is 6.96. The highest BCUT2D eigenvalue weighted by Gasteiger charge is 2.17. The smallest absolute Gasteiger partial charge is 0.258 e. The Bertz CT molecular complexity index is 1710. The van der Waals surface area contributed by atoms with Gasteiger partial charge in [-0.2, -0.15) is 4.98 Å². The van der Waals surface area contributed by atoms with Crippen molar-refractivity contribution in [3.63, 3.8) is 0 Å². The maximum Gasteiger partial charge on any atom is 0.258 e. The predicted molar refractivity (Wildman–Crippen MR) is 157 cm³/mol. The summed E-state index contributed by atoms with van der Waals surface area (Å²) in [6.45, 7) is 6.31. The van der Waals surface area contributed by atoms with Crippen molar-refractivity contribution in [1.82, 2.24) is 15.5 Å². The van der Waals surface area contributed by atoms with E-state index < -0.39 is 17.7 Å². The van der Waals surface area contributed by atoms with Crippen LogP contribution in [0.3, 0.4) is 0 Å². The van der Waals surface area contributed by atoms with E-state index in [0.717, 1.165) is 35.6 Å². The largest absolute Gasteiger partial charge is 0.342 e. The molecule has 42 heavy (non-hydrogen) atoms. The van der Waals surface area contributed by atoms with Gasteiger partial charge in [0.25, 0.3) is 11.8 Å². The van der Waals surface area contributed by atoms with Gasteiger partial charge < -0.3 is 14.6 Å². The SMILES string of the molecule is CC(C)(C)c1ccc(C(=O)NC(C=O)Cc2ccc(-c3noc(-c4ccc(-c5cc(F)ccc5F)cc4)n3)cc2)cc1. The lowest BCUT2D eigenvalue weighted by Crippen LogP contribution is -2.37. The summed E-state index contributed by atoms with van der Waals surface area (Å²) in [4.78, 5) is 28.9. The Labute approximate surface area is 242 Å². The van der Waals surface area contributed by atoms with E-state index in [1.165, 1.54) is 0 Å². The van der Waals surface area contributed by atoms with Crippen molar-refractivity contribution in [2.45, 2.75) is 38.6 Å². The maximum absolute atomic E-state index is 14.1. The Balaban J connectivity index is 1.22. The number of carbonyl (C=O) groups excluding carboxylic acids is 2. The molecule has 0 aliphatic heterocycles. The molecule has 5 aromatic rings. The zero-order chi connectivity index (χ0) is 29.9. The number of nitrogens with one attached hydrogen (secondary N) is 1. The van der Waals surface area contributed by atoms with E-state index in [1.807, 2.05) is 36.4 Å². The Hall–Kier alpha value is -4.98. The van der Waals surface area contributed by atoms with Crippen molar-refractivity contribution in [3.8, 4) is 34.0 Å². The van der Waals surface area contributed by atoms with Gasteiger partial charge in [-0.05, 0) is 71.0 Å². The minimum atomic E-state index is -0.689. The average molecular weight is 566 g/mol. The first-order chi connectivity index (χ1) is 20.1. The lowest BCUT2D eigenvalue weighted by molar-refractivity contribution is -0.109. The van der Waals surface area contributed by atoms with Crippen molar-refractivity contribution in [1.29, 1.82) is 0 Å². The number of hydrogen-bond donors (Lipinski definition) is 1. The monoisotopic (exact) mass is 565 g/mol. The molecule has 8 heteroatoms. The Morgan fingerprint density at radius 3 is 2.17 bits per heavy atom. The van der Waals surface area contributed by atoms with Crippen LogP contribution in [0.2, 0.25) is 0 Å². The molecule has 1 heterocycles. The number of halogens is 2. The third kappa shape index (κ3) is 6.49. The fourth-order valence-corrected chi connectivity index (χ4v) is 4.52. The molecule has 1 unspecified atom stereocenters. The minimum absolute atomic E-state index is 0.0195. The molecular formula is C34H29F2N3O3. The van der Waals surface area contributed by atoms with Gasteiger partial charge in [-0.1, -0.05) is 74.5 Å². The van der Waals surface area contributed by atoms with Gasteiger partial charge in [0.2, 0.25) is 5.82 Å². The summed E-state index contributed by atoms with van der Waals surface area (Å²) in [5.74, 6) is -0.690. The summed E-state index contributed by atoms with van der Waals surface area (Å²) in [6.07, 6.45) is 1.06. The van der Waals surface area contributed by atoms with E-state index in [-0.39, 0.29) is 22.8 Å². The molecule has 212 valence electrons. The lowest BCUT2D eigenvalue weighted by atomic mass is 9.86. The molecule has 1 aromatic heterocycles. The number of aromatic nitrogens is 2. The highest BCUT2D eigenvalue weighted by atomic mass is 19.1. The van der Waals surface area contributed by atoms with E-state index in [0.29, 0.717) is 34.5 Å². The Kier molecular flexibility index (Phi) is 8.06. The second-order valence-electron chi connectivity index (χ2n) is 11.1. The van der Waals surface area contributed by atoms with Crippen LogP contribution in [0.25, 0.3) is 34.0 Å². The van der Waals surface area contributed by atoms with Crippen molar-refractivity contribution >= 4 is 12.2 Å². The molecule has 1 atom stereocenters. The third-order valence-corrected chi connectivity index (χ3v) is 6.96. The van der Waals surface area contributed by atoms with E-state index >= 15 is 0 Å². The van der Waals surface area contributed by atoms with Crippen LogP contribution in [0.4, 0.5) is 8.78 Å². The molecule has 0 aliphatic carbocycles. The topological polar surface area (TPSA) is 85.1 Å². The molecule has 5 rings (SSSR count). The number of rotatable bonds is 8. The van der Waals surface area contributed by atoms with Crippen LogP contribution in [-0.2, 0) is 16.6 Å². The van der Waals surface area contributed by atoms with Crippen LogP contribution >= 0.6 is 0 Å². The fourth-order valence-electron chi connectivity index (χ4n) is 4.52. The summed E-state index contributed by atoms with van der Waals surface area (Å²) in [6, 6.07) is 24.1. The molecule has 0 saturated carbocycles. The molecule has 1 amide bonds. The molecule has 0 fully saturated rings. The number of carbonyl (C=O) groups is 2. The normalized spacial score (nSPS) is 12.1. The lowest BCUT2D eigenvalue weighted by Gasteiger charge is -2.19. The molecule has 6 nitrogen and oxygen atoms in total. The first-order valence-corrected chi connectivity index (χ1v) is 13.5. The summed E-state index contributed by atoms with van der Waals surface area (Å²) in [5, 5.41) is 6.85. The first-order valence-electron chi connectivity index (χ1n) is 13.5. The molecular weight excluding hydrogens is 536 g/mol. The van der Waals surface area contributed by atoms with Gasteiger partial charge in [0.05, 0.1) is 6.04 Å². The quantitative estimate of drug-likeness (QED) is 0.201. The second-order valence-corrected chi connectivity index (χ2v) is 11.1. The van der Waals surface area contributed by atoms with Crippen molar-refractivity contribution < 1.29 is 22.9 Å². The maximum atomic E-state index is 14.1. The first kappa shape index (κ1) is 28.5. The van der Waals surface area contributed by atoms with E-state index in [2.05, 4.69) is 36.2 Å². The van der Waals surface area contributed by atoms with Gasteiger partial charge in [0.1, 0.15) is 17.9 Å². The standard InChI is InChI=1S/C34H29F2N3O3/c1-34(2,3)26-14-12-24(13-15-26)32(41)37-28(20-40)18-21-4-6-23(7-5-21)31-38-33(42-39-31)25-10-8-22(9-11-25)29-19-27(35)16-17-30(29)36/h4-17,19-20,28H,18H2,1-3H3,(H,37,41). The molecule has 0 bridgehead atoms. The highest BCUT2D eigenvalue weighted by Crippen LogP contribution is 2.28. The molecule has 4 aromatic carbocycles. The molecule has 0 radical (unpaired) electrons. The second kappa shape index (κ2) is 11.9. The molecule has 0 aliphatic rings. The molecule has 0 saturated heterocycles. The summed E-state index contributed by atoms with van der Waals surface area (Å²) in [7, 11) is 0. The fraction of sp³-hybridized carbons (Fsp3) is 0.176. The number of benzene rings is 4. The molecule has 0 spiro atoms. The zero-order valence-electron chi connectivity index (χ0n) is 23.4. The van der Waals surface area contributed by atoms with Crippen LogP contribution in [0, 0.1) is 11.6 Å². The van der Waals surface area contributed by atoms with Crippen LogP contribution in [0.5, 0.6) is 0 Å². The van der Waals surface area contributed by atoms with Gasteiger partial charge in [-0.15, -0.1) is 0 Å².